The Bertz CT molecular complexity index is 1210. The minimum Gasteiger partial charge on any atom is -0.466 e. The standard InChI is InChI=1S/C77H153NO5/c1-3-5-7-9-11-13-15-17-19-21-22-31-34-38-41-45-49-53-57-61-65-69-75(80)74(73-79)78-76(81)70-66-62-58-54-50-46-42-39-35-32-29-27-25-23-24-26-28-30-33-36-40-44-48-52-56-60-64-68-72-83-77(82)71-67-63-59-55-51-47-43-37-20-18-16-14-12-10-8-6-4-2/h74-75,79-80H,3-73H2,1-2H3,(H,78,81). The van der Waals surface area contributed by atoms with Crippen LogP contribution in [-0.4, -0.2) is 47.4 Å². The highest BCUT2D eigenvalue weighted by Gasteiger charge is 2.20. The zero-order valence-corrected chi connectivity index (χ0v) is 57.0. The van der Waals surface area contributed by atoms with Gasteiger partial charge in [0.05, 0.1) is 25.4 Å². The molecule has 0 aromatic carbocycles. The first kappa shape index (κ1) is 81.9. The van der Waals surface area contributed by atoms with Gasteiger partial charge in [-0.15, -0.1) is 0 Å². The van der Waals surface area contributed by atoms with Crippen molar-refractivity contribution in [1.29, 1.82) is 0 Å². The van der Waals surface area contributed by atoms with Crippen LogP contribution in [0.4, 0.5) is 0 Å². The van der Waals surface area contributed by atoms with Gasteiger partial charge >= 0.3 is 5.97 Å². The number of ether oxygens (including phenoxy) is 1. The SMILES string of the molecule is CCCCCCCCCCCCCCCCCCCCCCCC(O)C(CO)NC(=O)CCCCCCCCCCCCCCCCCCCCCCCCCCCCCCOC(=O)CCCCCCCCCCCCCCCCCCC. The molecule has 2 atom stereocenters. The van der Waals surface area contributed by atoms with Crippen molar-refractivity contribution in [2.45, 2.75) is 469 Å². The number of carbonyl (C=O) groups excluding carboxylic acids is 2. The molecule has 0 radical (unpaired) electrons. The number of aliphatic hydroxyl groups is 2. The molecule has 0 aromatic heterocycles. The van der Waals surface area contributed by atoms with E-state index in [2.05, 4.69) is 19.2 Å². The predicted octanol–water partition coefficient (Wildman–Crippen LogP) is 25.3. The molecule has 0 heterocycles. The third kappa shape index (κ3) is 69.8. The average Bonchev–Trinajstić information content (AvgIpc) is 3.49. The highest BCUT2D eigenvalue weighted by atomic mass is 16.5. The molecule has 3 N–H and O–H groups in total. The van der Waals surface area contributed by atoms with Crippen LogP contribution in [0.25, 0.3) is 0 Å². The van der Waals surface area contributed by atoms with Crippen LogP contribution in [0.15, 0.2) is 0 Å². The molecule has 0 bridgehead atoms. The Morgan fingerprint density at radius 1 is 0.289 bits per heavy atom. The van der Waals surface area contributed by atoms with Crippen molar-refractivity contribution in [2.75, 3.05) is 13.2 Å². The molecule has 2 unspecified atom stereocenters. The van der Waals surface area contributed by atoms with Crippen molar-refractivity contribution in [3.8, 4) is 0 Å². The van der Waals surface area contributed by atoms with Gasteiger partial charge in [-0.1, -0.05) is 418 Å². The smallest absolute Gasteiger partial charge is 0.305 e. The summed E-state index contributed by atoms with van der Waals surface area (Å²) in [6, 6.07) is -0.539. The highest BCUT2D eigenvalue weighted by Crippen LogP contribution is 2.20. The number of aliphatic hydroxyl groups excluding tert-OH is 2. The van der Waals surface area contributed by atoms with Crippen LogP contribution in [0, 0.1) is 0 Å². The van der Waals surface area contributed by atoms with E-state index < -0.39 is 12.1 Å². The quantitative estimate of drug-likeness (QED) is 0.0417. The van der Waals surface area contributed by atoms with Crippen LogP contribution < -0.4 is 5.32 Å². The number of esters is 1. The molecule has 6 nitrogen and oxygen atoms in total. The Labute approximate surface area is 521 Å². The fourth-order valence-corrected chi connectivity index (χ4v) is 12.8. The maximum absolute atomic E-state index is 12.6. The zero-order chi connectivity index (χ0) is 59.9. The van der Waals surface area contributed by atoms with E-state index in [1.807, 2.05) is 0 Å². The largest absolute Gasteiger partial charge is 0.466 e. The molecule has 0 fully saturated rings. The predicted molar refractivity (Wildman–Crippen MR) is 366 cm³/mol. The molecule has 0 aliphatic heterocycles. The van der Waals surface area contributed by atoms with Gasteiger partial charge in [0, 0.05) is 12.8 Å². The topological polar surface area (TPSA) is 95.9 Å². The van der Waals surface area contributed by atoms with E-state index in [-0.39, 0.29) is 18.5 Å². The minimum atomic E-state index is -0.662. The zero-order valence-electron chi connectivity index (χ0n) is 57.0. The van der Waals surface area contributed by atoms with Gasteiger partial charge in [-0.2, -0.15) is 0 Å². The molecule has 0 saturated heterocycles. The molecule has 0 aliphatic rings. The van der Waals surface area contributed by atoms with E-state index in [9.17, 15) is 19.8 Å². The van der Waals surface area contributed by atoms with Crippen LogP contribution in [0.3, 0.4) is 0 Å². The van der Waals surface area contributed by atoms with Gasteiger partial charge in [0.2, 0.25) is 5.91 Å². The summed E-state index contributed by atoms with van der Waals surface area (Å²) < 4.78 is 5.51. The number of hydrogen-bond donors (Lipinski definition) is 3. The Morgan fingerprint density at radius 3 is 0.735 bits per heavy atom. The van der Waals surface area contributed by atoms with Crippen LogP contribution in [-0.2, 0) is 14.3 Å². The average molecular weight is 1170 g/mol. The number of rotatable bonds is 74. The highest BCUT2D eigenvalue weighted by molar-refractivity contribution is 5.76. The van der Waals surface area contributed by atoms with Gasteiger partial charge in [-0.05, 0) is 25.7 Å². The second-order valence-electron chi connectivity index (χ2n) is 27.1. The summed E-state index contributed by atoms with van der Waals surface area (Å²) in [5, 5.41) is 23.4. The molecule has 0 spiro atoms. The summed E-state index contributed by atoms with van der Waals surface area (Å²) in [6.07, 6.45) is 90.4. The monoisotopic (exact) mass is 1170 g/mol. The first-order valence-electron chi connectivity index (χ1n) is 38.8. The van der Waals surface area contributed by atoms with Crippen LogP contribution in [0.5, 0.6) is 0 Å². The molecule has 0 rings (SSSR count). The second-order valence-corrected chi connectivity index (χ2v) is 27.1. The van der Waals surface area contributed by atoms with E-state index in [4.69, 9.17) is 4.74 Å². The number of carbonyl (C=O) groups is 2. The summed E-state index contributed by atoms with van der Waals surface area (Å²) in [7, 11) is 0. The van der Waals surface area contributed by atoms with Crippen molar-refractivity contribution >= 4 is 11.9 Å². The molecule has 0 aliphatic carbocycles. The molecule has 6 heteroatoms. The van der Waals surface area contributed by atoms with Crippen molar-refractivity contribution in [2.24, 2.45) is 0 Å². The van der Waals surface area contributed by atoms with Crippen LogP contribution >= 0.6 is 0 Å². The van der Waals surface area contributed by atoms with E-state index in [1.54, 1.807) is 0 Å². The lowest BCUT2D eigenvalue weighted by molar-refractivity contribution is -0.143. The van der Waals surface area contributed by atoms with E-state index in [1.165, 1.54) is 385 Å². The lowest BCUT2D eigenvalue weighted by Crippen LogP contribution is -2.45. The number of amides is 1. The van der Waals surface area contributed by atoms with E-state index in [0.29, 0.717) is 25.9 Å². The fourth-order valence-electron chi connectivity index (χ4n) is 12.8. The maximum atomic E-state index is 12.6. The summed E-state index contributed by atoms with van der Waals surface area (Å²) in [5.41, 5.74) is 0. The Hall–Kier alpha value is -1.14. The first-order chi connectivity index (χ1) is 41.0. The Morgan fingerprint density at radius 2 is 0.494 bits per heavy atom. The van der Waals surface area contributed by atoms with Crippen molar-refractivity contribution in [1.82, 2.24) is 5.32 Å². The number of nitrogens with one attached hydrogen (secondary N) is 1. The summed E-state index contributed by atoms with van der Waals surface area (Å²) in [4.78, 5) is 24.7. The fraction of sp³-hybridized carbons (Fsp3) is 0.974. The third-order valence-electron chi connectivity index (χ3n) is 18.7. The van der Waals surface area contributed by atoms with Crippen molar-refractivity contribution in [3.05, 3.63) is 0 Å². The van der Waals surface area contributed by atoms with Gasteiger partial charge in [-0.25, -0.2) is 0 Å². The normalized spacial score (nSPS) is 12.4. The van der Waals surface area contributed by atoms with Gasteiger partial charge in [0.1, 0.15) is 0 Å². The molecule has 0 aromatic rings. The van der Waals surface area contributed by atoms with Gasteiger partial charge < -0.3 is 20.3 Å². The summed E-state index contributed by atoms with van der Waals surface area (Å²) in [6.45, 7) is 5.02. The maximum Gasteiger partial charge on any atom is 0.305 e. The first-order valence-corrected chi connectivity index (χ1v) is 38.8. The molecular weight excluding hydrogens is 1020 g/mol. The van der Waals surface area contributed by atoms with Crippen molar-refractivity contribution in [3.63, 3.8) is 0 Å². The van der Waals surface area contributed by atoms with Crippen molar-refractivity contribution < 1.29 is 24.5 Å². The lowest BCUT2D eigenvalue weighted by atomic mass is 10.0. The lowest BCUT2D eigenvalue weighted by Gasteiger charge is -2.22. The second kappa shape index (κ2) is 73.3. The van der Waals surface area contributed by atoms with Gasteiger partial charge in [0.25, 0.3) is 0 Å². The van der Waals surface area contributed by atoms with Crippen LogP contribution in [0.1, 0.15) is 457 Å². The molecular formula is C77H153NO5. The number of unbranched alkanes of at least 4 members (excludes halogenated alkanes) is 63. The summed E-state index contributed by atoms with van der Waals surface area (Å²) >= 11 is 0. The Balaban J connectivity index is 3.32. The molecule has 83 heavy (non-hydrogen) atoms. The molecule has 496 valence electrons. The Kier molecular flexibility index (Phi) is 72.3. The van der Waals surface area contributed by atoms with Crippen LogP contribution in [0.2, 0.25) is 0 Å². The van der Waals surface area contributed by atoms with Gasteiger partial charge in [-0.3, -0.25) is 9.59 Å². The summed E-state index contributed by atoms with van der Waals surface area (Å²) in [5.74, 6) is -0.00141. The van der Waals surface area contributed by atoms with Gasteiger partial charge in [0.15, 0.2) is 0 Å². The number of hydrogen-bond acceptors (Lipinski definition) is 5. The molecule has 0 saturated carbocycles. The van der Waals surface area contributed by atoms with E-state index >= 15 is 0 Å². The molecule has 1 amide bonds. The van der Waals surface area contributed by atoms with E-state index in [0.717, 1.165) is 38.5 Å². The minimum absolute atomic E-state index is 0.0244. The third-order valence-corrected chi connectivity index (χ3v) is 18.7.